The third-order valence-electron chi connectivity index (χ3n) is 6.97. The fraction of sp³-hybridized carbons (Fsp3) is 0.542. The van der Waals surface area contributed by atoms with Crippen molar-refractivity contribution in [1.29, 1.82) is 0 Å². The first-order valence-electron chi connectivity index (χ1n) is 11.5. The lowest BCUT2D eigenvalue weighted by Gasteiger charge is -2.38. The Morgan fingerprint density at radius 1 is 0.833 bits per heavy atom. The molecule has 2 heterocycles. The molecule has 1 aromatic carbocycles. The minimum absolute atomic E-state index is 0.0265. The van der Waals surface area contributed by atoms with E-state index in [0.717, 1.165) is 49.8 Å². The van der Waals surface area contributed by atoms with Crippen LogP contribution >= 0.6 is 0 Å². The van der Waals surface area contributed by atoms with Gasteiger partial charge in [0.1, 0.15) is 0 Å². The number of para-hydroxylation sites is 1. The van der Waals surface area contributed by atoms with Crippen LogP contribution in [0.25, 0.3) is 5.69 Å². The van der Waals surface area contributed by atoms with Crippen molar-refractivity contribution in [3.8, 4) is 5.69 Å². The van der Waals surface area contributed by atoms with E-state index in [0.29, 0.717) is 31.9 Å². The van der Waals surface area contributed by atoms with Gasteiger partial charge < -0.3 is 9.80 Å². The van der Waals surface area contributed by atoms with Crippen LogP contribution in [0.4, 0.5) is 0 Å². The molecule has 1 aliphatic heterocycles. The molecule has 0 bridgehead atoms. The van der Waals surface area contributed by atoms with Crippen molar-refractivity contribution in [2.75, 3.05) is 26.2 Å². The maximum Gasteiger partial charge on any atom is 0.274 e. The molecule has 2 aliphatic carbocycles. The van der Waals surface area contributed by atoms with Gasteiger partial charge in [-0.1, -0.05) is 31.0 Å². The number of aromatic nitrogens is 2. The first kappa shape index (κ1) is 19.3. The lowest BCUT2D eigenvalue weighted by Crippen LogP contribution is -2.52. The van der Waals surface area contributed by atoms with Crippen molar-refractivity contribution < 1.29 is 9.59 Å². The molecule has 0 N–H and O–H groups in total. The number of amides is 2. The van der Waals surface area contributed by atoms with Gasteiger partial charge in [0.25, 0.3) is 5.91 Å². The van der Waals surface area contributed by atoms with Crippen molar-refractivity contribution in [3.05, 3.63) is 47.3 Å². The number of fused-ring (bicyclic) bond motifs is 1. The van der Waals surface area contributed by atoms with E-state index in [9.17, 15) is 9.59 Å². The van der Waals surface area contributed by atoms with Crippen molar-refractivity contribution in [3.63, 3.8) is 0 Å². The smallest absolute Gasteiger partial charge is 0.274 e. The summed E-state index contributed by atoms with van der Waals surface area (Å²) in [4.78, 5) is 29.8. The van der Waals surface area contributed by atoms with Gasteiger partial charge >= 0.3 is 0 Å². The molecule has 2 fully saturated rings. The van der Waals surface area contributed by atoms with Gasteiger partial charge in [0.05, 0.1) is 5.69 Å². The maximum absolute atomic E-state index is 13.5. The highest BCUT2D eigenvalue weighted by atomic mass is 16.2. The van der Waals surface area contributed by atoms with Crippen molar-refractivity contribution in [1.82, 2.24) is 19.6 Å². The van der Waals surface area contributed by atoms with Gasteiger partial charge in [0.2, 0.25) is 5.91 Å². The van der Waals surface area contributed by atoms with Crippen LogP contribution in [0.15, 0.2) is 30.3 Å². The standard InChI is InChI=1S/C24H30N4O2/c29-23(18-8-7-9-18)26-14-16-27(17-15-26)24(30)22-20-12-5-2-6-13-21(20)28(25-22)19-10-3-1-4-11-19/h1,3-4,10-11,18H,2,5-9,12-17H2. The predicted molar refractivity (Wildman–Crippen MR) is 115 cm³/mol. The van der Waals surface area contributed by atoms with E-state index in [-0.39, 0.29) is 17.7 Å². The third-order valence-corrected chi connectivity index (χ3v) is 6.97. The van der Waals surface area contributed by atoms with Gasteiger partial charge in [-0.3, -0.25) is 9.59 Å². The molecule has 1 saturated carbocycles. The lowest BCUT2D eigenvalue weighted by molar-refractivity contribution is -0.139. The molecule has 6 nitrogen and oxygen atoms in total. The van der Waals surface area contributed by atoms with Gasteiger partial charge in [-0.25, -0.2) is 4.68 Å². The average molecular weight is 407 g/mol. The molecule has 2 amide bonds. The minimum Gasteiger partial charge on any atom is -0.339 e. The molecule has 0 unspecified atom stereocenters. The molecule has 2 aromatic rings. The predicted octanol–water partition coefficient (Wildman–Crippen LogP) is 3.23. The Morgan fingerprint density at radius 2 is 1.53 bits per heavy atom. The zero-order chi connectivity index (χ0) is 20.5. The van der Waals surface area contributed by atoms with E-state index in [4.69, 9.17) is 5.10 Å². The Hall–Kier alpha value is -2.63. The summed E-state index contributed by atoms with van der Waals surface area (Å²) in [5, 5.41) is 4.83. The van der Waals surface area contributed by atoms with Crippen LogP contribution in [0.2, 0.25) is 0 Å². The Morgan fingerprint density at radius 3 is 2.23 bits per heavy atom. The van der Waals surface area contributed by atoms with Crippen molar-refractivity contribution in [2.45, 2.75) is 51.4 Å². The van der Waals surface area contributed by atoms with E-state index in [2.05, 4.69) is 12.1 Å². The number of hydrogen-bond donors (Lipinski definition) is 0. The molecule has 6 heteroatoms. The SMILES string of the molecule is O=C(c1nn(-c2ccccc2)c2c1CCCCC2)N1CCN(C(=O)C2CCC2)CC1. The quantitative estimate of drug-likeness (QED) is 0.736. The Balaban J connectivity index is 1.37. The normalized spacial score (nSPS) is 19.7. The van der Waals surface area contributed by atoms with Crippen LogP contribution in [0.5, 0.6) is 0 Å². The highest BCUT2D eigenvalue weighted by molar-refractivity contribution is 5.94. The molecule has 158 valence electrons. The van der Waals surface area contributed by atoms with Crippen LogP contribution in [0.3, 0.4) is 0 Å². The molecule has 1 aromatic heterocycles. The highest BCUT2D eigenvalue weighted by Crippen LogP contribution is 2.30. The second-order valence-corrected chi connectivity index (χ2v) is 8.83. The van der Waals surface area contributed by atoms with Gasteiger partial charge in [-0.15, -0.1) is 0 Å². The van der Waals surface area contributed by atoms with Crippen LogP contribution < -0.4 is 0 Å². The molecule has 1 saturated heterocycles. The van der Waals surface area contributed by atoms with Crippen LogP contribution in [0, 0.1) is 5.92 Å². The van der Waals surface area contributed by atoms with Gasteiger partial charge in [-0.05, 0) is 50.7 Å². The number of rotatable bonds is 3. The molecule has 5 rings (SSSR count). The summed E-state index contributed by atoms with van der Waals surface area (Å²) in [7, 11) is 0. The van der Waals surface area contributed by atoms with Crippen LogP contribution in [0.1, 0.15) is 60.3 Å². The van der Waals surface area contributed by atoms with Gasteiger partial charge in [0, 0.05) is 43.4 Å². The summed E-state index contributed by atoms with van der Waals surface area (Å²) < 4.78 is 1.99. The Labute approximate surface area is 177 Å². The van der Waals surface area contributed by atoms with E-state index in [1.54, 1.807) is 0 Å². The van der Waals surface area contributed by atoms with Gasteiger partial charge in [-0.2, -0.15) is 5.10 Å². The maximum atomic E-state index is 13.5. The monoisotopic (exact) mass is 406 g/mol. The Bertz CT molecular complexity index is 924. The van der Waals surface area contributed by atoms with Crippen molar-refractivity contribution in [2.24, 2.45) is 5.92 Å². The summed E-state index contributed by atoms with van der Waals surface area (Å²) in [6, 6.07) is 10.1. The average Bonchev–Trinajstić information content (AvgIpc) is 2.93. The van der Waals surface area contributed by atoms with Gasteiger partial charge in [0.15, 0.2) is 5.69 Å². The molecule has 0 spiro atoms. The number of carbonyl (C=O) groups excluding carboxylic acids is 2. The zero-order valence-corrected chi connectivity index (χ0v) is 17.6. The zero-order valence-electron chi connectivity index (χ0n) is 17.6. The Kier molecular flexibility index (Phi) is 5.32. The summed E-state index contributed by atoms with van der Waals surface area (Å²) >= 11 is 0. The van der Waals surface area contributed by atoms with E-state index in [1.807, 2.05) is 32.7 Å². The molecule has 30 heavy (non-hydrogen) atoms. The second kappa shape index (κ2) is 8.25. The van der Waals surface area contributed by atoms with Crippen LogP contribution in [-0.4, -0.2) is 57.6 Å². The number of nitrogens with zero attached hydrogens (tertiary/aromatic N) is 4. The first-order valence-corrected chi connectivity index (χ1v) is 11.5. The van der Waals surface area contributed by atoms with Crippen molar-refractivity contribution >= 4 is 11.8 Å². The lowest BCUT2D eigenvalue weighted by atomic mass is 9.84. The third kappa shape index (κ3) is 3.53. The fourth-order valence-electron chi connectivity index (χ4n) is 4.92. The second-order valence-electron chi connectivity index (χ2n) is 8.83. The molecule has 3 aliphatic rings. The summed E-state index contributed by atoms with van der Waals surface area (Å²) in [5.74, 6) is 0.540. The number of carbonyl (C=O) groups is 2. The fourth-order valence-corrected chi connectivity index (χ4v) is 4.92. The van der Waals surface area contributed by atoms with E-state index < -0.39 is 0 Å². The molecule has 0 atom stereocenters. The van der Waals surface area contributed by atoms with E-state index in [1.165, 1.54) is 18.5 Å². The minimum atomic E-state index is 0.0265. The largest absolute Gasteiger partial charge is 0.339 e. The highest BCUT2D eigenvalue weighted by Gasteiger charge is 2.34. The summed E-state index contributed by atoms with van der Waals surface area (Å²) in [5.41, 5.74) is 3.97. The molecular formula is C24H30N4O2. The van der Waals surface area contributed by atoms with E-state index >= 15 is 0 Å². The molecule has 0 radical (unpaired) electrons. The summed E-state index contributed by atoms with van der Waals surface area (Å²) in [6.45, 7) is 2.49. The topological polar surface area (TPSA) is 58.4 Å². The molecular weight excluding hydrogens is 376 g/mol. The first-order chi connectivity index (χ1) is 14.7. The van der Waals surface area contributed by atoms with Crippen LogP contribution in [-0.2, 0) is 17.6 Å². The summed E-state index contributed by atoms with van der Waals surface area (Å²) in [6.07, 6.45) is 8.56. The number of benzene rings is 1. The number of hydrogen-bond acceptors (Lipinski definition) is 3. The number of piperazine rings is 1.